The van der Waals surface area contributed by atoms with Crippen molar-refractivity contribution in [1.82, 2.24) is 4.98 Å². The molecule has 0 N–H and O–H groups in total. The fourth-order valence-corrected chi connectivity index (χ4v) is 1.29. The van der Waals surface area contributed by atoms with E-state index < -0.39 is 0 Å². The highest BCUT2D eigenvalue weighted by molar-refractivity contribution is 5.22. The van der Waals surface area contributed by atoms with Crippen LogP contribution in [0.25, 0.3) is 0 Å². The first kappa shape index (κ1) is 13.0. The molecule has 1 aromatic heterocycles. The molecule has 0 aliphatic heterocycles. The summed E-state index contributed by atoms with van der Waals surface area (Å²) in [6.07, 6.45) is 1.82. The number of quaternary nitrogens is 1. The summed E-state index contributed by atoms with van der Waals surface area (Å²) in [5.41, 5.74) is 1.27. The Morgan fingerprint density at radius 2 is 2.00 bits per heavy atom. The molecule has 0 saturated heterocycles. The molecule has 0 atom stereocenters. The van der Waals surface area contributed by atoms with Gasteiger partial charge in [0.1, 0.15) is 13.2 Å². The first-order valence-corrected chi connectivity index (χ1v) is 5.78. The highest BCUT2D eigenvalue weighted by Gasteiger charge is 2.07. The van der Waals surface area contributed by atoms with Crippen molar-refractivity contribution in [1.29, 1.82) is 0 Å². The highest BCUT2D eigenvalue weighted by atomic mass is 16.5. The first-order chi connectivity index (χ1) is 7.38. The van der Waals surface area contributed by atoms with Crippen LogP contribution < -0.4 is 4.74 Å². The average Bonchev–Trinajstić information content (AvgIpc) is 2.16. The summed E-state index contributed by atoms with van der Waals surface area (Å²) < 4.78 is 6.55. The Kier molecular flexibility index (Phi) is 4.30. The SMILES string of the molecule is CC(C)c1ccnc(OCC[N+](C)(C)C)c1. The number of hydrogen-bond acceptors (Lipinski definition) is 2. The van der Waals surface area contributed by atoms with Crippen molar-refractivity contribution in [2.24, 2.45) is 0 Å². The summed E-state index contributed by atoms with van der Waals surface area (Å²) in [6, 6.07) is 4.07. The van der Waals surface area contributed by atoms with Gasteiger partial charge in [-0.15, -0.1) is 0 Å². The zero-order valence-electron chi connectivity index (χ0n) is 11.0. The quantitative estimate of drug-likeness (QED) is 0.715. The molecule has 0 radical (unpaired) electrons. The van der Waals surface area contributed by atoms with Gasteiger partial charge >= 0.3 is 0 Å². The maximum Gasteiger partial charge on any atom is 0.213 e. The van der Waals surface area contributed by atoms with E-state index >= 15 is 0 Å². The third-order valence-corrected chi connectivity index (χ3v) is 2.44. The summed E-state index contributed by atoms with van der Waals surface area (Å²) >= 11 is 0. The van der Waals surface area contributed by atoms with Gasteiger partial charge < -0.3 is 9.22 Å². The third kappa shape index (κ3) is 4.62. The lowest BCUT2D eigenvalue weighted by molar-refractivity contribution is -0.870. The standard InChI is InChI=1S/C13H23N2O/c1-11(2)12-6-7-14-13(10-12)16-9-8-15(3,4)5/h6-7,10-11H,8-9H2,1-5H3/q+1. The van der Waals surface area contributed by atoms with Crippen molar-refractivity contribution in [3.63, 3.8) is 0 Å². The van der Waals surface area contributed by atoms with Gasteiger partial charge in [0, 0.05) is 12.3 Å². The van der Waals surface area contributed by atoms with Crippen LogP contribution in [0.4, 0.5) is 0 Å². The Morgan fingerprint density at radius 3 is 2.56 bits per heavy atom. The van der Waals surface area contributed by atoms with Gasteiger partial charge in [-0.1, -0.05) is 13.8 Å². The Balaban J connectivity index is 2.51. The third-order valence-electron chi connectivity index (χ3n) is 2.44. The Bertz CT molecular complexity index is 329. The lowest BCUT2D eigenvalue weighted by atomic mass is 10.1. The number of hydrogen-bond donors (Lipinski definition) is 0. The molecule has 0 aliphatic carbocycles. The smallest absolute Gasteiger partial charge is 0.213 e. The first-order valence-electron chi connectivity index (χ1n) is 5.78. The van der Waals surface area contributed by atoms with E-state index in [0.29, 0.717) is 12.5 Å². The van der Waals surface area contributed by atoms with Gasteiger partial charge in [-0.25, -0.2) is 4.98 Å². The number of pyridine rings is 1. The molecule has 1 aromatic rings. The molecule has 90 valence electrons. The van der Waals surface area contributed by atoms with Crippen LogP contribution in [0.5, 0.6) is 5.88 Å². The van der Waals surface area contributed by atoms with Crippen molar-refractivity contribution in [3.05, 3.63) is 23.9 Å². The highest BCUT2D eigenvalue weighted by Crippen LogP contribution is 2.17. The zero-order chi connectivity index (χ0) is 12.2. The summed E-state index contributed by atoms with van der Waals surface area (Å²) in [5, 5.41) is 0. The van der Waals surface area contributed by atoms with E-state index in [1.54, 1.807) is 0 Å². The van der Waals surface area contributed by atoms with Crippen LogP contribution in [-0.4, -0.2) is 43.8 Å². The molecule has 0 amide bonds. The molecule has 1 heterocycles. The minimum atomic E-state index is 0.517. The van der Waals surface area contributed by atoms with Crippen LogP contribution in [0.3, 0.4) is 0 Å². The fourth-order valence-electron chi connectivity index (χ4n) is 1.29. The molecule has 0 aliphatic rings. The van der Waals surface area contributed by atoms with Crippen molar-refractivity contribution in [2.75, 3.05) is 34.3 Å². The zero-order valence-corrected chi connectivity index (χ0v) is 11.0. The minimum Gasteiger partial charge on any atom is -0.472 e. The minimum absolute atomic E-state index is 0.517. The van der Waals surface area contributed by atoms with E-state index in [-0.39, 0.29) is 0 Å². The van der Waals surface area contributed by atoms with Gasteiger partial charge in [0.2, 0.25) is 5.88 Å². The predicted molar refractivity (Wildman–Crippen MR) is 66.7 cm³/mol. The van der Waals surface area contributed by atoms with E-state index in [0.717, 1.165) is 16.9 Å². The van der Waals surface area contributed by atoms with Crippen LogP contribution in [0.15, 0.2) is 18.3 Å². The Labute approximate surface area is 98.7 Å². The molecule has 0 saturated carbocycles. The van der Waals surface area contributed by atoms with E-state index in [4.69, 9.17) is 4.74 Å². The topological polar surface area (TPSA) is 22.1 Å². The summed E-state index contributed by atoms with van der Waals surface area (Å²) in [5.74, 6) is 1.25. The summed E-state index contributed by atoms with van der Waals surface area (Å²) in [7, 11) is 6.46. The number of ether oxygens (including phenoxy) is 1. The lowest BCUT2D eigenvalue weighted by Crippen LogP contribution is -2.38. The van der Waals surface area contributed by atoms with Crippen molar-refractivity contribution in [3.8, 4) is 5.88 Å². The van der Waals surface area contributed by atoms with Crippen LogP contribution in [0.2, 0.25) is 0 Å². The van der Waals surface area contributed by atoms with Gasteiger partial charge in [0.05, 0.1) is 21.1 Å². The van der Waals surface area contributed by atoms with Crippen LogP contribution in [0.1, 0.15) is 25.3 Å². The van der Waals surface area contributed by atoms with Crippen LogP contribution in [0, 0.1) is 0 Å². The normalized spacial score (nSPS) is 11.9. The van der Waals surface area contributed by atoms with Crippen molar-refractivity contribution >= 4 is 0 Å². The maximum atomic E-state index is 5.65. The predicted octanol–water partition coefficient (Wildman–Crippen LogP) is 2.29. The van der Waals surface area contributed by atoms with Gasteiger partial charge in [0.25, 0.3) is 0 Å². The summed E-state index contributed by atoms with van der Waals surface area (Å²) in [4.78, 5) is 4.21. The van der Waals surface area contributed by atoms with Gasteiger partial charge in [-0.05, 0) is 17.5 Å². The van der Waals surface area contributed by atoms with E-state index in [1.807, 2.05) is 18.3 Å². The van der Waals surface area contributed by atoms with Crippen molar-refractivity contribution in [2.45, 2.75) is 19.8 Å². The lowest BCUT2D eigenvalue weighted by Gasteiger charge is -2.23. The molecular weight excluding hydrogens is 200 g/mol. The molecular formula is C13H23N2O+. The molecule has 0 fully saturated rings. The molecule has 1 rings (SSSR count). The number of aromatic nitrogens is 1. The monoisotopic (exact) mass is 223 g/mol. The van der Waals surface area contributed by atoms with Crippen molar-refractivity contribution < 1.29 is 9.22 Å². The van der Waals surface area contributed by atoms with Gasteiger partial charge in [-0.2, -0.15) is 0 Å². The fraction of sp³-hybridized carbons (Fsp3) is 0.615. The van der Waals surface area contributed by atoms with Gasteiger partial charge in [-0.3, -0.25) is 0 Å². The second-order valence-corrected chi connectivity index (χ2v) is 5.44. The molecule has 0 aromatic carbocycles. The number of rotatable bonds is 5. The van der Waals surface area contributed by atoms with E-state index in [2.05, 4.69) is 40.0 Å². The second kappa shape index (κ2) is 5.30. The molecule has 3 heteroatoms. The molecule has 0 spiro atoms. The molecule has 0 bridgehead atoms. The van der Waals surface area contributed by atoms with Crippen LogP contribution >= 0.6 is 0 Å². The van der Waals surface area contributed by atoms with E-state index in [1.165, 1.54) is 5.56 Å². The Hall–Kier alpha value is -1.09. The largest absolute Gasteiger partial charge is 0.472 e. The Morgan fingerprint density at radius 1 is 1.31 bits per heavy atom. The molecule has 16 heavy (non-hydrogen) atoms. The maximum absolute atomic E-state index is 5.65. The van der Waals surface area contributed by atoms with Crippen LogP contribution in [-0.2, 0) is 0 Å². The molecule has 0 unspecified atom stereocenters. The number of likely N-dealkylation sites (N-methyl/N-ethyl adjacent to an activating group) is 1. The van der Waals surface area contributed by atoms with E-state index in [9.17, 15) is 0 Å². The van der Waals surface area contributed by atoms with Gasteiger partial charge in [0.15, 0.2) is 0 Å². The second-order valence-electron chi connectivity index (χ2n) is 5.44. The molecule has 3 nitrogen and oxygen atoms in total. The number of nitrogens with zero attached hydrogens (tertiary/aromatic N) is 2. The average molecular weight is 223 g/mol. The summed E-state index contributed by atoms with van der Waals surface area (Å²) in [6.45, 7) is 6.03.